The van der Waals surface area contributed by atoms with Crippen molar-refractivity contribution in [3.63, 3.8) is 0 Å². The lowest BCUT2D eigenvalue weighted by molar-refractivity contribution is 0.0717. The monoisotopic (exact) mass is 290 g/mol. The largest absolute Gasteiger partial charge is 0.464 e. The van der Waals surface area contributed by atoms with Crippen LogP contribution < -0.4 is 0 Å². The molecule has 1 aliphatic rings. The van der Waals surface area contributed by atoms with E-state index in [4.69, 9.17) is 16.0 Å². The first-order chi connectivity index (χ1) is 9.63. The van der Waals surface area contributed by atoms with Gasteiger partial charge in [-0.2, -0.15) is 0 Å². The number of hydrogen-bond donors (Lipinski definition) is 0. The molecule has 0 aromatic carbocycles. The number of rotatable bonds is 4. The number of aryl methyl sites for hydroxylation is 1. The Bertz CT molecular complexity index is 634. The number of hydrogen-bond acceptors (Lipinski definition) is 3. The summed E-state index contributed by atoms with van der Waals surface area (Å²) in [5, 5.41) is 0.334. The van der Waals surface area contributed by atoms with Crippen LogP contribution in [0.3, 0.4) is 0 Å². The molecule has 2 heterocycles. The minimum Gasteiger partial charge on any atom is -0.464 e. The van der Waals surface area contributed by atoms with Gasteiger partial charge in [0.15, 0.2) is 0 Å². The molecule has 20 heavy (non-hydrogen) atoms. The second-order valence-electron chi connectivity index (χ2n) is 5.04. The molecule has 0 bridgehead atoms. The van der Waals surface area contributed by atoms with Gasteiger partial charge in [0.1, 0.15) is 16.7 Å². The summed E-state index contributed by atoms with van der Waals surface area (Å²) in [7, 11) is 0. The molecule has 1 aliphatic carbocycles. The standard InChI is InChI=1S/C15H15ClN2O2/c1-10-2-5-13(20-10)9-18(12-3-4-12)15(19)11-6-7-17-14(16)8-11/h2,5-8,12H,3-4,9H2,1H3. The van der Waals surface area contributed by atoms with Gasteiger partial charge in [-0.05, 0) is 44.0 Å². The van der Waals surface area contributed by atoms with Crippen LogP contribution in [-0.2, 0) is 6.54 Å². The number of halogens is 1. The topological polar surface area (TPSA) is 46.3 Å². The van der Waals surface area contributed by atoms with E-state index in [1.165, 1.54) is 0 Å². The van der Waals surface area contributed by atoms with Gasteiger partial charge in [-0.1, -0.05) is 11.6 Å². The predicted octanol–water partition coefficient (Wildman–Crippen LogP) is 3.44. The first kappa shape index (κ1) is 13.2. The number of furan rings is 1. The minimum absolute atomic E-state index is 0.0224. The molecule has 3 rings (SSSR count). The summed E-state index contributed by atoms with van der Waals surface area (Å²) in [5.41, 5.74) is 0.570. The smallest absolute Gasteiger partial charge is 0.254 e. The summed E-state index contributed by atoms with van der Waals surface area (Å²) >= 11 is 5.85. The highest BCUT2D eigenvalue weighted by Gasteiger charge is 2.33. The van der Waals surface area contributed by atoms with Crippen LogP contribution in [0, 0.1) is 6.92 Å². The minimum atomic E-state index is -0.0224. The Kier molecular flexibility index (Phi) is 3.49. The lowest BCUT2D eigenvalue weighted by Gasteiger charge is -2.21. The van der Waals surface area contributed by atoms with E-state index < -0.39 is 0 Å². The number of aromatic nitrogens is 1. The van der Waals surface area contributed by atoms with Crippen molar-refractivity contribution in [2.45, 2.75) is 32.4 Å². The van der Waals surface area contributed by atoms with E-state index in [0.29, 0.717) is 23.3 Å². The average molecular weight is 291 g/mol. The van der Waals surface area contributed by atoms with Gasteiger partial charge < -0.3 is 9.32 Å². The molecule has 2 aromatic heterocycles. The van der Waals surface area contributed by atoms with Crippen LogP contribution in [0.25, 0.3) is 0 Å². The van der Waals surface area contributed by atoms with E-state index in [2.05, 4.69) is 4.98 Å². The summed E-state index contributed by atoms with van der Waals surface area (Å²) in [6, 6.07) is 7.43. The van der Waals surface area contributed by atoms with E-state index in [0.717, 1.165) is 24.4 Å². The van der Waals surface area contributed by atoms with Gasteiger partial charge in [-0.15, -0.1) is 0 Å². The maximum absolute atomic E-state index is 12.6. The first-order valence-electron chi connectivity index (χ1n) is 6.61. The number of amides is 1. The van der Waals surface area contributed by atoms with E-state index in [-0.39, 0.29) is 5.91 Å². The van der Waals surface area contributed by atoms with E-state index in [1.54, 1.807) is 18.3 Å². The van der Waals surface area contributed by atoms with Crippen LogP contribution in [-0.4, -0.2) is 21.8 Å². The highest BCUT2D eigenvalue weighted by Crippen LogP contribution is 2.30. The molecular formula is C15H15ClN2O2. The number of nitrogens with zero attached hydrogens (tertiary/aromatic N) is 2. The zero-order chi connectivity index (χ0) is 14.1. The molecule has 1 saturated carbocycles. The Morgan fingerprint density at radius 1 is 1.45 bits per heavy atom. The lowest BCUT2D eigenvalue weighted by Crippen LogP contribution is -2.32. The molecule has 0 saturated heterocycles. The molecule has 0 aliphatic heterocycles. The lowest BCUT2D eigenvalue weighted by atomic mass is 10.2. The van der Waals surface area contributed by atoms with Gasteiger partial charge in [0, 0.05) is 17.8 Å². The second kappa shape index (κ2) is 5.29. The van der Waals surface area contributed by atoms with Crippen LogP contribution in [0.5, 0.6) is 0 Å². The zero-order valence-corrected chi connectivity index (χ0v) is 11.9. The van der Waals surface area contributed by atoms with Crippen molar-refractivity contribution in [1.82, 2.24) is 9.88 Å². The molecule has 0 N–H and O–H groups in total. The third-order valence-corrected chi connectivity index (χ3v) is 3.55. The molecule has 2 aromatic rings. The van der Waals surface area contributed by atoms with E-state index in [9.17, 15) is 4.79 Å². The molecule has 0 radical (unpaired) electrons. The van der Waals surface area contributed by atoms with Gasteiger partial charge in [0.05, 0.1) is 6.54 Å². The summed E-state index contributed by atoms with van der Waals surface area (Å²) in [4.78, 5) is 18.3. The molecule has 0 spiro atoms. The molecule has 0 atom stereocenters. The van der Waals surface area contributed by atoms with Crippen molar-refractivity contribution in [3.05, 3.63) is 52.7 Å². The fourth-order valence-electron chi connectivity index (χ4n) is 2.19. The molecule has 1 amide bonds. The molecule has 104 valence electrons. The predicted molar refractivity (Wildman–Crippen MR) is 75.6 cm³/mol. The highest BCUT2D eigenvalue weighted by atomic mass is 35.5. The van der Waals surface area contributed by atoms with E-state index >= 15 is 0 Å². The van der Waals surface area contributed by atoms with Gasteiger partial charge in [0.2, 0.25) is 0 Å². The number of carbonyl (C=O) groups excluding carboxylic acids is 1. The Morgan fingerprint density at radius 2 is 2.25 bits per heavy atom. The van der Waals surface area contributed by atoms with Crippen molar-refractivity contribution >= 4 is 17.5 Å². The maximum Gasteiger partial charge on any atom is 0.254 e. The molecule has 5 heteroatoms. The Hall–Kier alpha value is -1.81. The fourth-order valence-corrected chi connectivity index (χ4v) is 2.37. The van der Waals surface area contributed by atoms with Crippen LogP contribution >= 0.6 is 11.6 Å². The van der Waals surface area contributed by atoms with Crippen LogP contribution in [0.4, 0.5) is 0 Å². The van der Waals surface area contributed by atoms with Gasteiger partial charge >= 0.3 is 0 Å². The van der Waals surface area contributed by atoms with Gasteiger partial charge in [-0.3, -0.25) is 4.79 Å². The summed E-state index contributed by atoms with van der Waals surface area (Å²) in [6.07, 6.45) is 3.65. The summed E-state index contributed by atoms with van der Waals surface area (Å²) in [6.45, 7) is 2.40. The average Bonchev–Trinajstić information content (AvgIpc) is 3.19. The summed E-state index contributed by atoms with van der Waals surface area (Å²) in [5.74, 6) is 1.64. The van der Waals surface area contributed by atoms with Crippen molar-refractivity contribution in [2.24, 2.45) is 0 Å². The van der Waals surface area contributed by atoms with Crippen molar-refractivity contribution in [3.8, 4) is 0 Å². The first-order valence-corrected chi connectivity index (χ1v) is 6.99. The van der Waals surface area contributed by atoms with Crippen molar-refractivity contribution in [2.75, 3.05) is 0 Å². The second-order valence-corrected chi connectivity index (χ2v) is 5.43. The van der Waals surface area contributed by atoms with Gasteiger partial charge in [0.25, 0.3) is 5.91 Å². The molecule has 0 unspecified atom stereocenters. The zero-order valence-electron chi connectivity index (χ0n) is 11.2. The third kappa shape index (κ3) is 2.85. The van der Waals surface area contributed by atoms with E-state index in [1.807, 2.05) is 24.0 Å². The third-order valence-electron chi connectivity index (χ3n) is 3.34. The quantitative estimate of drug-likeness (QED) is 0.810. The molecular weight excluding hydrogens is 276 g/mol. The van der Waals surface area contributed by atoms with Crippen molar-refractivity contribution < 1.29 is 9.21 Å². The Labute approximate surface area is 122 Å². The van der Waals surface area contributed by atoms with Crippen LogP contribution in [0.1, 0.15) is 34.7 Å². The van der Waals surface area contributed by atoms with Crippen LogP contribution in [0.2, 0.25) is 5.15 Å². The highest BCUT2D eigenvalue weighted by molar-refractivity contribution is 6.29. The number of pyridine rings is 1. The SMILES string of the molecule is Cc1ccc(CN(C(=O)c2ccnc(Cl)c2)C2CC2)o1. The maximum atomic E-state index is 12.6. The Morgan fingerprint density at radius 3 is 2.85 bits per heavy atom. The normalized spacial score (nSPS) is 14.3. The molecule has 4 nitrogen and oxygen atoms in total. The van der Waals surface area contributed by atoms with Crippen molar-refractivity contribution in [1.29, 1.82) is 0 Å². The number of carbonyl (C=O) groups is 1. The van der Waals surface area contributed by atoms with Crippen LogP contribution in [0.15, 0.2) is 34.9 Å². The summed E-state index contributed by atoms with van der Waals surface area (Å²) < 4.78 is 5.57. The van der Waals surface area contributed by atoms with Gasteiger partial charge in [-0.25, -0.2) is 4.98 Å². The molecule has 1 fully saturated rings. The Balaban J connectivity index is 1.81. The fraction of sp³-hybridized carbons (Fsp3) is 0.333.